The van der Waals surface area contributed by atoms with Crippen LogP contribution in [-0.2, 0) is 4.74 Å². The smallest absolute Gasteiger partial charge is 0.179 e. The molecule has 2 atom stereocenters. The summed E-state index contributed by atoms with van der Waals surface area (Å²) in [6, 6.07) is 3.78. The van der Waals surface area contributed by atoms with E-state index in [1.807, 2.05) is 12.1 Å². The Labute approximate surface area is 123 Å². The van der Waals surface area contributed by atoms with Gasteiger partial charge in [0.05, 0.1) is 25.3 Å². The second-order valence-corrected chi connectivity index (χ2v) is 5.24. The van der Waals surface area contributed by atoms with Crippen molar-refractivity contribution >= 4 is 23.2 Å². The average Bonchev–Trinajstić information content (AvgIpc) is 2.46. The van der Waals surface area contributed by atoms with Gasteiger partial charge in [0.15, 0.2) is 11.5 Å². The Balaban J connectivity index is 2.38. The van der Waals surface area contributed by atoms with Gasteiger partial charge in [0.2, 0.25) is 0 Å². The summed E-state index contributed by atoms with van der Waals surface area (Å²) >= 11 is 12.5. The van der Waals surface area contributed by atoms with E-state index in [1.165, 1.54) is 0 Å². The van der Waals surface area contributed by atoms with E-state index in [-0.39, 0.29) is 12.0 Å². The molecular weight excluding hydrogens is 287 g/mol. The van der Waals surface area contributed by atoms with Gasteiger partial charge in [-0.15, -0.1) is 11.6 Å². The Morgan fingerprint density at radius 2 is 2.11 bits per heavy atom. The third kappa shape index (κ3) is 2.93. The molecule has 0 spiro atoms. The predicted molar refractivity (Wildman–Crippen MR) is 76.7 cm³/mol. The summed E-state index contributed by atoms with van der Waals surface area (Å²) in [5, 5.41) is 0.545. The van der Waals surface area contributed by atoms with Gasteiger partial charge < -0.3 is 14.2 Å². The van der Waals surface area contributed by atoms with Crippen LogP contribution in [0.5, 0.6) is 11.5 Å². The third-order valence-electron chi connectivity index (χ3n) is 3.46. The van der Waals surface area contributed by atoms with Crippen molar-refractivity contribution < 1.29 is 14.2 Å². The van der Waals surface area contributed by atoms with Gasteiger partial charge in [-0.3, -0.25) is 0 Å². The Morgan fingerprint density at radius 3 is 2.74 bits per heavy atom. The van der Waals surface area contributed by atoms with Crippen molar-refractivity contribution in [2.75, 3.05) is 26.7 Å². The summed E-state index contributed by atoms with van der Waals surface area (Å²) in [7, 11) is 3.17. The van der Waals surface area contributed by atoms with E-state index in [2.05, 4.69) is 0 Å². The lowest BCUT2D eigenvalue weighted by molar-refractivity contribution is -0.0208. The maximum Gasteiger partial charge on any atom is 0.179 e. The molecule has 5 heteroatoms. The van der Waals surface area contributed by atoms with E-state index in [9.17, 15) is 0 Å². The van der Waals surface area contributed by atoms with Crippen LogP contribution >= 0.6 is 23.2 Å². The number of ether oxygens (including phenoxy) is 3. The van der Waals surface area contributed by atoms with Crippen LogP contribution < -0.4 is 9.47 Å². The second-order valence-electron chi connectivity index (χ2n) is 4.55. The molecule has 2 unspecified atom stereocenters. The zero-order valence-electron chi connectivity index (χ0n) is 11.1. The van der Waals surface area contributed by atoms with E-state index in [1.54, 1.807) is 14.2 Å². The van der Waals surface area contributed by atoms with Crippen LogP contribution in [0.3, 0.4) is 0 Å². The maximum atomic E-state index is 6.42. The monoisotopic (exact) mass is 304 g/mol. The molecule has 1 aromatic carbocycles. The Kier molecular flexibility index (Phi) is 5.20. The molecule has 0 aliphatic carbocycles. The van der Waals surface area contributed by atoms with Crippen LogP contribution in [0.2, 0.25) is 5.02 Å². The standard InChI is InChI=1S/C14H18Cl2O3/c1-17-11-6-5-10(12(16)14(11)18-2)13-9(8-15)4-3-7-19-13/h5-6,9,13H,3-4,7-8H2,1-2H3. The summed E-state index contributed by atoms with van der Waals surface area (Å²) in [6.45, 7) is 0.739. The number of hydrogen-bond donors (Lipinski definition) is 0. The molecule has 1 aliphatic rings. The van der Waals surface area contributed by atoms with E-state index >= 15 is 0 Å². The van der Waals surface area contributed by atoms with Crippen LogP contribution in [0.25, 0.3) is 0 Å². The number of benzene rings is 1. The van der Waals surface area contributed by atoms with Crippen LogP contribution in [0.1, 0.15) is 24.5 Å². The molecule has 19 heavy (non-hydrogen) atoms. The molecule has 1 fully saturated rings. The molecule has 0 radical (unpaired) electrons. The van der Waals surface area contributed by atoms with E-state index in [0.29, 0.717) is 22.4 Å². The highest BCUT2D eigenvalue weighted by Gasteiger charge is 2.30. The van der Waals surface area contributed by atoms with Gasteiger partial charge in [-0.25, -0.2) is 0 Å². The quantitative estimate of drug-likeness (QED) is 0.785. The molecule has 3 nitrogen and oxygen atoms in total. The summed E-state index contributed by atoms with van der Waals surface area (Å²) < 4.78 is 16.4. The van der Waals surface area contributed by atoms with Gasteiger partial charge in [0.25, 0.3) is 0 Å². The first kappa shape index (κ1) is 14.8. The fourth-order valence-corrected chi connectivity index (χ4v) is 3.13. The Morgan fingerprint density at radius 1 is 1.32 bits per heavy atom. The van der Waals surface area contributed by atoms with Gasteiger partial charge in [-0.05, 0) is 18.9 Å². The van der Waals surface area contributed by atoms with Gasteiger partial charge in [-0.1, -0.05) is 17.7 Å². The van der Waals surface area contributed by atoms with Crippen molar-refractivity contribution in [1.29, 1.82) is 0 Å². The van der Waals surface area contributed by atoms with Crippen molar-refractivity contribution in [3.05, 3.63) is 22.7 Å². The molecule has 1 aromatic rings. The molecule has 0 aromatic heterocycles. The second kappa shape index (κ2) is 6.69. The van der Waals surface area contributed by atoms with Gasteiger partial charge in [0.1, 0.15) is 0 Å². The normalized spacial score (nSPS) is 23.2. The number of halogens is 2. The molecule has 1 heterocycles. The maximum absolute atomic E-state index is 6.42. The molecular formula is C14H18Cl2O3. The van der Waals surface area contributed by atoms with Gasteiger partial charge in [-0.2, -0.15) is 0 Å². The molecule has 106 valence electrons. The van der Waals surface area contributed by atoms with Gasteiger partial charge in [0, 0.05) is 24.0 Å². The van der Waals surface area contributed by atoms with E-state index < -0.39 is 0 Å². The molecule has 0 N–H and O–H groups in total. The van der Waals surface area contributed by atoms with E-state index in [4.69, 9.17) is 37.4 Å². The van der Waals surface area contributed by atoms with Crippen LogP contribution in [0.4, 0.5) is 0 Å². The Bertz CT molecular complexity index is 437. The highest BCUT2D eigenvalue weighted by Crippen LogP contribution is 2.44. The summed E-state index contributed by atoms with van der Waals surface area (Å²) in [4.78, 5) is 0. The van der Waals surface area contributed by atoms with Crippen molar-refractivity contribution in [3.63, 3.8) is 0 Å². The number of alkyl halides is 1. The first-order valence-corrected chi connectivity index (χ1v) is 7.22. The molecule has 2 rings (SSSR count). The van der Waals surface area contributed by atoms with Crippen LogP contribution in [0, 0.1) is 5.92 Å². The zero-order chi connectivity index (χ0) is 13.8. The SMILES string of the molecule is COc1ccc(C2OCCCC2CCl)c(Cl)c1OC. The van der Waals surface area contributed by atoms with Crippen molar-refractivity contribution in [2.45, 2.75) is 18.9 Å². The van der Waals surface area contributed by atoms with Crippen LogP contribution in [-0.4, -0.2) is 26.7 Å². The largest absolute Gasteiger partial charge is 0.493 e. The summed E-state index contributed by atoms with van der Waals surface area (Å²) in [6.07, 6.45) is 2.02. The predicted octanol–water partition coefficient (Wildman–Crippen LogP) is 4.06. The lowest BCUT2D eigenvalue weighted by atomic mass is 9.91. The molecule has 1 aliphatic heterocycles. The minimum atomic E-state index is -0.0708. The summed E-state index contributed by atoms with van der Waals surface area (Å²) in [5.41, 5.74) is 0.921. The molecule has 0 amide bonds. The van der Waals surface area contributed by atoms with Crippen molar-refractivity contribution in [3.8, 4) is 11.5 Å². The fraction of sp³-hybridized carbons (Fsp3) is 0.571. The average molecular weight is 305 g/mol. The minimum Gasteiger partial charge on any atom is -0.493 e. The highest BCUT2D eigenvalue weighted by molar-refractivity contribution is 6.33. The summed E-state index contributed by atoms with van der Waals surface area (Å²) in [5.74, 6) is 2.01. The number of hydrogen-bond acceptors (Lipinski definition) is 3. The van der Waals surface area contributed by atoms with Crippen LogP contribution in [0.15, 0.2) is 12.1 Å². The lowest BCUT2D eigenvalue weighted by Crippen LogP contribution is -2.24. The topological polar surface area (TPSA) is 27.7 Å². The number of rotatable bonds is 4. The minimum absolute atomic E-state index is 0.0708. The zero-order valence-corrected chi connectivity index (χ0v) is 12.6. The molecule has 1 saturated heterocycles. The first-order chi connectivity index (χ1) is 9.22. The van der Waals surface area contributed by atoms with Crippen molar-refractivity contribution in [1.82, 2.24) is 0 Å². The molecule has 0 bridgehead atoms. The number of methoxy groups -OCH3 is 2. The van der Waals surface area contributed by atoms with E-state index in [0.717, 1.165) is 25.0 Å². The van der Waals surface area contributed by atoms with Crippen molar-refractivity contribution in [2.24, 2.45) is 5.92 Å². The Hall–Kier alpha value is -0.640. The fourth-order valence-electron chi connectivity index (χ4n) is 2.47. The third-order valence-corrected chi connectivity index (χ3v) is 4.25. The lowest BCUT2D eigenvalue weighted by Gasteiger charge is -2.31. The molecule has 0 saturated carbocycles. The first-order valence-electron chi connectivity index (χ1n) is 6.30. The van der Waals surface area contributed by atoms with Gasteiger partial charge >= 0.3 is 0 Å². The highest BCUT2D eigenvalue weighted by atomic mass is 35.5.